The highest BCUT2D eigenvalue weighted by molar-refractivity contribution is 7.99. The lowest BCUT2D eigenvalue weighted by molar-refractivity contribution is -0.113. The molecule has 6 nitrogen and oxygen atoms in total. The highest BCUT2D eigenvalue weighted by Gasteiger charge is 2.14. The van der Waals surface area contributed by atoms with Crippen LogP contribution in [-0.4, -0.2) is 27.2 Å². The van der Waals surface area contributed by atoms with Crippen LogP contribution in [0.1, 0.15) is 5.56 Å². The van der Waals surface area contributed by atoms with E-state index in [1.807, 2.05) is 18.2 Å². The molecule has 0 aromatic heterocycles. The quantitative estimate of drug-likeness (QED) is 0.453. The number of thioether (sulfide) groups is 1. The largest absolute Gasteiger partial charge is 0.497 e. The summed E-state index contributed by atoms with van der Waals surface area (Å²) in [5, 5.41) is 3.43. The van der Waals surface area contributed by atoms with Crippen LogP contribution in [0.25, 0.3) is 0 Å². The summed E-state index contributed by atoms with van der Waals surface area (Å²) in [6.45, 7) is 0. The molecule has 0 spiro atoms. The molecule has 0 aliphatic carbocycles. The highest BCUT2D eigenvalue weighted by atomic mass is 35.5. The molecule has 0 aliphatic rings. The number of methoxy groups -OCH3 is 1. The average molecular weight is 477 g/mol. The predicted octanol–water partition coefficient (Wildman–Crippen LogP) is 5.02. The van der Waals surface area contributed by atoms with Crippen LogP contribution < -0.4 is 14.8 Å². The van der Waals surface area contributed by atoms with Crippen molar-refractivity contribution in [3.05, 3.63) is 83.4 Å². The normalized spacial score (nSPS) is 11.0. The Morgan fingerprint density at radius 1 is 1.00 bits per heavy atom. The molecule has 0 bridgehead atoms. The summed E-state index contributed by atoms with van der Waals surface area (Å²) in [7, 11) is -2.21. The van der Waals surface area contributed by atoms with Crippen LogP contribution in [0.15, 0.2) is 77.7 Å². The van der Waals surface area contributed by atoms with E-state index in [9.17, 15) is 13.2 Å². The standard InChI is InChI=1S/C22H21ClN2O4S2/c1-29-20-9-5-19(6-10-20)25-31(27,28)21-11-7-18(8-12-21)24-22(26)15-30-14-16-3-2-4-17(23)13-16/h2-13,25H,14-15H2,1H3,(H,24,26). The van der Waals surface area contributed by atoms with Crippen LogP contribution in [0.3, 0.4) is 0 Å². The van der Waals surface area contributed by atoms with Crippen molar-refractivity contribution in [2.75, 3.05) is 22.9 Å². The number of benzene rings is 3. The Kier molecular flexibility index (Phi) is 7.84. The molecule has 0 saturated carbocycles. The summed E-state index contributed by atoms with van der Waals surface area (Å²) in [6, 6.07) is 20.1. The van der Waals surface area contributed by atoms with Crippen LogP contribution >= 0.6 is 23.4 Å². The molecule has 3 rings (SSSR count). The van der Waals surface area contributed by atoms with Crippen molar-refractivity contribution in [2.45, 2.75) is 10.6 Å². The summed E-state index contributed by atoms with van der Waals surface area (Å²) >= 11 is 7.42. The number of hydrogen-bond donors (Lipinski definition) is 2. The summed E-state index contributed by atoms with van der Waals surface area (Å²) < 4.78 is 32.7. The van der Waals surface area contributed by atoms with Crippen LogP contribution in [0.4, 0.5) is 11.4 Å². The zero-order chi connectivity index (χ0) is 22.3. The maximum absolute atomic E-state index is 12.5. The van der Waals surface area contributed by atoms with Crippen molar-refractivity contribution in [2.24, 2.45) is 0 Å². The van der Waals surface area contributed by atoms with Gasteiger partial charge in [-0.25, -0.2) is 8.42 Å². The van der Waals surface area contributed by atoms with E-state index in [2.05, 4.69) is 10.0 Å². The van der Waals surface area contributed by atoms with E-state index in [-0.39, 0.29) is 16.6 Å². The Hall–Kier alpha value is -2.68. The molecule has 9 heteroatoms. The van der Waals surface area contributed by atoms with Crippen molar-refractivity contribution in [3.8, 4) is 5.75 Å². The number of rotatable bonds is 9. The number of sulfonamides is 1. The van der Waals surface area contributed by atoms with E-state index in [4.69, 9.17) is 16.3 Å². The third-order valence-corrected chi connectivity index (χ3v) is 6.82. The van der Waals surface area contributed by atoms with E-state index in [0.29, 0.717) is 27.9 Å². The molecule has 31 heavy (non-hydrogen) atoms. The van der Waals surface area contributed by atoms with Gasteiger partial charge < -0.3 is 10.1 Å². The van der Waals surface area contributed by atoms with Crippen molar-refractivity contribution < 1.29 is 17.9 Å². The number of halogens is 1. The SMILES string of the molecule is COc1ccc(NS(=O)(=O)c2ccc(NC(=O)CSCc3cccc(Cl)c3)cc2)cc1. The molecule has 3 aromatic carbocycles. The van der Waals surface area contributed by atoms with Gasteiger partial charge in [0, 0.05) is 22.2 Å². The van der Waals surface area contributed by atoms with E-state index in [1.54, 1.807) is 42.5 Å². The summed E-state index contributed by atoms with van der Waals surface area (Å²) in [5.41, 5.74) is 2.00. The van der Waals surface area contributed by atoms with Gasteiger partial charge >= 0.3 is 0 Å². The van der Waals surface area contributed by atoms with Gasteiger partial charge in [0.1, 0.15) is 5.75 Å². The Labute approximate surface area is 191 Å². The molecule has 162 valence electrons. The van der Waals surface area contributed by atoms with E-state index in [1.165, 1.54) is 31.0 Å². The molecular formula is C22H21ClN2O4S2. The van der Waals surface area contributed by atoms with Gasteiger partial charge in [-0.15, -0.1) is 11.8 Å². The van der Waals surface area contributed by atoms with Gasteiger partial charge in [0.25, 0.3) is 10.0 Å². The first kappa shape index (κ1) is 23.0. The molecule has 0 fully saturated rings. The maximum atomic E-state index is 12.5. The van der Waals surface area contributed by atoms with Gasteiger partial charge in [-0.05, 0) is 66.2 Å². The van der Waals surface area contributed by atoms with Gasteiger partial charge in [0.15, 0.2) is 0 Å². The molecule has 1 amide bonds. The minimum atomic E-state index is -3.74. The molecule has 3 aromatic rings. The summed E-state index contributed by atoms with van der Waals surface area (Å²) in [5.74, 6) is 1.40. The average Bonchev–Trinajstić information content (AvgIpc) is 2.74. The minimum absolute atomic E-state index is 0.0941. The Bertz CT molecular complexity index is 1130. The molecule has 0 aliphatic heterocycles. The molecule has 0 saturated heterocycles. The second-order valence-corrected chi connectivity index (χ2v) is 9.63. The van der Waals surface area contributed by atoms with Crippen LogP contribution in [0.2, 0.25) is 5.02 Å². The molecule has 0 unspecified atom stereocenters. The molecule has 0 atom stereocenters. The molecular weight excluding hydrogens is 456 g/mol. The fourth-order valence-corrected chi connectivity index (χ4v) is 4.72. The number of ether oxygens (including phenoxy) is 1. The minimum Gasteiger partial charge on any atom is -0.497 e. The van der Waals surface area contributed by atoms with E-state index < -0.39 is 10.0 Å². The monoisotopic (exact) mass is 476 g/mol. The van der Waals surface area contributed by atoms with E-state index >= 15 is 0 Å². The zero-order valence-electron chi connectivity index (χ0n) is 16.7. The van der Waals surface area contributed by atoms with Gasteiger partial charge in [-0.3, -0.25) is 9.52 Å². The zero-order valence-corrected chi connectivity index (χ0v) is 19.1. The van der Waals surface area contributed by atoms with E-state index in [0.717, 1.165) is 5.56 Å². The summed E-state index contributed by atoms with van der Waals surface area (Å²) in [6.07, 6.45) is 0. The summed E-state index contributed by atoms with van der Waals surface area (Å²) in [4.78, 5) is 12.2. The third-order valence-electron chi connectivity index (χ3n) is 4.18. The maximum Gasteiger partial charge on any atom is 0.261 e. The number of nitrogens with one attached hydrogen (secondary N) is 2. The van der Waals surface area contributed by atoms with Gasteiger partial charge in [-0.2, -0.15) is 0 Å². The lowest BCUT2D eigenvalue weighted by Gasteiger charge is -2.10. The first-order chi connectivity index (χ1) is 14.9. The Balaban J connectivity index is 1.53. The fraction of sp³-hybridized carbons (Fsp3) is 0.136. The molecule has 2 N–H and O–H groups in total. The lowest BCUT2D eigenvalue weighted by atomic mass is 10.2. The second kappa shape index (κ2) is 10.6. The number of carbonyl (C=O) groups excluding carboxylic acids is 1. The van der Waals surface area contributed by atoms with Gasteiger partial charge in [-0.1, -0.05) is 23.7 Å². The molecule has 0 radical (unpaired) electrons. The van der Waals surface area contributed by atoms with Crippen LogP contribution in [0, 0.1) is 0 Å². The number of hydrogen-bond acceptors (Lipinski definition) is 5. The first-order valence-electron chi connectivity index (χ1n) is 9.25. The van der Waals surface area contributed by atoms with Crippen molar-refractivity contribution in [3.63, 3.8) is 0 Å². The van der Waals surface area contributed by atoms with Crippen molar-refractivity contribution in [1.29, 1.82) is 0 Å². The van der Waals surface area contributed by atoms with Crippen LogP contribution in [0.5, 0.6) is 5.75 Å². The number of amides is 1. The predicted molar refractivity (Wildman–Crippen MR) is 126 cm³/mol. The van der Waals surface area contributed by atoms with Gasteiger partial charge in [0.2, 0.25) is 5.91 Å². The lowest BCUT2D eigenvalue weighted by Crippen LogP contribution is -2.15. The highest BCUT2D eigenvalue weighted by Crippen LogP contribution is 2.21. The first-order valence-corrected chi connectivity index (χ1v) is 12.3. The van der Waals surface area contributed by atoms with Gasteiger partial charge in [0.05, 0.1) is 17.8 Å². The third kappa shape index (κ3) is 6.92. The van der Waals surface area contributed by atoms with Crippen molar-refractivity contribution in [1.82, 2.24) is 0 Å². The topological polar surface area (TPSA) is 84.5 Å². The Morgan fingerprint density at radius 2 is 1.68 bits per heavy atom. The number of anilines is 2. The Morgan fingerprint density at radius 3 is 2.32 bits per heavy atom. The van der Waals surface area contributed by atoms with Crippen molar-refractivity contribution >= 4 is 50.7 Å². The second-order valence-electron chi connectivity index (χ2n) is 6.53. The fourth-order valence-electron chi connectivity index (χ4n) is 2.68. The number of carbonyl (C=O) groups is 1. The smallest absolute Gasteiger partial charge is 0.261 e. The molecule has 0 heterocycles. The van der Waals surface area contributed by atoms with Crippen LogP contribution in [-0.2, 0) is 20.6 Å².